The summed E-state index contributed by atoms with van der Waals surface area (Å²) in [5.74, 6) is 0. The summed E-state index contributed by atoms with van der Waals surface area (Å²) >= 11 is 1.71. The summed E-state index contributed by atoms with van der Waals surface area (Å²) in [5, 5.41) is 6.82. The standard InChI is InChI=1S/C8H13N3S/c1-2-9-3-7(1)11-5-8-4-10-6-12-8/h4,6-7,9,11H,1-3,5H2/t7-/m1/s1. The van der Waals surface area contributed by atoms with Crippen molar-refractivity contribution in [2.45, 2.75) is 19.0 Å². The summed E-state index contributed by atoms with van der Waals surface area (Å²) in [6.07, 6.45) is 3.18. The zero-order valence-electron chi connectivity index (χ0n) is 6.92. The van der Waals surface area contributed by atoms with E-state index >= 15 is 0 Å². The fraction of sp³-hybridized carbons (Fsp3) is 0.625. The molecule has 0 radical (unpaired) electrons. The Kier molecular flexibility index (Phi) is 2.71. The number of hydrogen-bond acceptors (Lipinski definition) is 4. The highest BCUT2D eigenvalue weighted by Crippen LogP contribution is 2.06. The van der Waals surface area contributed by atoms with Crippen LogP contribution in [0.1, 0.15) is 11.3 Å². The van der Waals surface area contributed by atoms with Crippen LogP contribution in [-0.2, 0) is 6.54 Å². The Morgan fingerprint density at radius 1 is 1.75 bits per heavy atom. The van der Waals surface area contributed by atoms with Crippen molar-refractivity contribution in [1.82, 2.24) is 15.6 Å². The van der Waals surface area contributed by atoms with Crippen LogP contribution in [0.5, 0.6) is 0 Å². The summed E-state index contributed by atoms with van der Waals surface area (Å²) < 4.78 is 0. The molecule has 0 aliphatic carbocycles. The van der Waals surface area contributed by atoms with E-state index in [0.29, 0.717) is 6.04 Å². The molecule has 1 saturated heterocycles. The molecule has 3 nitrogen and oxygen atoms in total. The van der Waals surface area contributed by atoms with Gasteiger partial charge in [0.15, 0.2) is 0 Å². The SMILES string of the molecule is c1ncc(CN[C@@H]2CCNC2)s1. The first-order chi connectivity index (χ1) is 5.95. The Bertz CT molecular complexity index is 216. The second-order valence-corrected chi connectivity index (χ2v) is 4.01. The van der Waals surface area contributed by atoms with Crippen molar-refractivity contribution >= 4 is 11.3 Å². The number of aromatic nitrogens is 1. The van der Waals surface area contributed by atoms with E-state index in [1.54, 1.807) is 11.3 Å². The predicted octanol–water partition coefficient (Wildman–Crippen LogP) is 0.595. The summed E-state index contributed by atoms with van der Waals surface area (Å²) in [5.41, 5.74) is 1.88. The van der Waals surface area contributed by atoms with Crippen molar-refractivity contribution in [2.24, 2.45) is 0 Å². The number of rotatable bonds is 3. The minimum atomic E-state index is 0.659. The van der Waals surface area contributed by atoms with Gasteiger partial charge in [-0.1, -0.05) is 0 Å². The molecule has 4 heteroatoms. The molecule has 2 heterocycles. The van der Waals surface area contributed by atoms with Gasteiger partial charge in [0.2, 0.25) is 0 Å². The molecule has 1 aliphatic heterocycles. The molecule has 0 amide bonds. The molecule has 1 fully saturated rings. The summed E-state index contributed by atoms with van der Waals surface area (Å²) in [6, 6.07) is 0.659. The van der Waals surface area contributed by atoms with Crippen molar-refractivity contribution in [3.63, 3.8) is 0 Å². The van der Waals surface area contributed by atoms with Gasteiger partial charge in [0, 0.05) is 30.2 Å². The minimum Gasteiger partial charge on any atom is -0.315 e. The normalized spacial score (nSPS) is 23.2. The van der Waals surface area contributed by atoms with Gasteiger partial charge in [0.1, 0.15) is 0 Å². The van der Waals surface area contributed by atoms with E-state index in [2.05, 4.69) is 15.6 Å². The Morgan fingerprint density at radius 3 is 3.42 bits per heavy atom. The molecule has 1 aromatic heterocycles. The molecule has 0 aromatic carbocycles. The highest BCUT2D eigenvalue weighted by molar-refractivity contribution is 7.09. The summed E-state index contributed by atoms with van der Waals surface area (Å²) in [6.45, 7) is 3.23. The molecule has 0 saturated carbocycles. The van der Waals surface area contributed by atoms with Crippen molar-refractivity contribution < 1.29 is 0 Å². The molecule has 2 N–H and O–H groups in total. The maximum atomic E-state index is 4.03. The zero-order valence-corrected chi connectivity index (χ0v) is 7.73. The fourth-order valence-electron chi connectivity index (χ4n) is 1.40. The lowest BCUT2D eigenvalue weighted by Gasteiger charge is -2.08. The van der Waals surface area contributed by atoms with Crippen LogP contribution in [0.3, 0.4) is 0 Å². The lowest BCUT2D eigenvalue weighted by Crippen LogP contribution is -2.30. The van der Waals surface area contributed by atoms with E-state index in [1.807, 2.05) is 11.7 Å². The molecule has 2 rings (SSSR count). The van der Waals surface area contributed by atoms with Crippen LogP contribution in [-0.4, -0.2) is 24.1 Å². The van der Waals surface area contributed by atoms with Gasteiger partial charge in [-0.25, -0.2) is 0 Å². The Labute approximate surface area is 76.2 Å². The smallest absolute Gasteiger partial charge is 0.0794 e. The Hall–Kier alpha value is -0.450. The first-order valence-electron chi connectivity index (χ1n) is 4.26. The Balaban J connectivity index is 1.74. The van der Waals surface area contributed by atoms with Gasteiger partial charge < -0.3 is 10.6 Å². The minimum absolute atomic E-state index is 0.659. The molecular weight excluding hydrogens is 170 g/mol. The second kappa shape index (κ2) is 3.98. The van der Waals surface area contributed by atoms with E-state index < -0.39 is 0 Å². The van der Waals surface area contributed by atoms with Crippen LogP contribution < -0.4 is 10.6 Å². The van der Waals surface area contributed by atoms with Crippen LogP contribution in [0.15, 0.2) is 11.7 Å². The van der Waals surface area contributed by atoms with E-state index in [0.717, 1.165) is 19.6 Å². The van der Waals surface area contributed by atoms with Crippen LogP contribution in [0.4, 0.5) is 0 Å². The lowest BCUT2D eigenvalue weighted by molar-refractivity contribution is 0.550. The molecule has 0 unspecified atom stereocenters. The largest absolute Gasteiger partial charge is 0.315 e. The number of thiazole rings is 1. The number of hydrogen-bond donors (Lipinski definition) is 2. The molecule has 12 heavy (non-hydrogen) atoms. The summed E-state index contributed by atoms with van der Waals surface area (Å²) in [7, 11) is 0. The third-order valence-electron chi connectivity index (χ3n) is 2.11. The van der Waals surface area contributed by atoms with Gasteiger partial charge in [0.05, 0.1) is 5.51 Å². The predicted molar refractivity (Wildman–Crippen MR) is 50.2 cm³/mol. The molecule has 0 spiro atoms. The lowest BCUT2D eigenvalue weighted by atomic mass is 10.2. The van der Waals surface area contributed by atoms with E-state index in [-0.39, 0.29) is 0 Å². The monoisotopic (exact) mass is 183 g/mol. The molecular formula is C8H13N3S. The quantitative estimate of drug-likeness (QED) is 0.720. The van der Waals surface area contributed by atoms with Crippen LogP contribution in [0, 0.1) is 0 Å². The van der Waals surface area contributed by atoms with Crippen molar-refractivity contribution in [2.75, 3.05) is 13.1 Å². The van der Waals surface area contributed by atoms with Gasteiger partial charge >= 0.3 is 0 Å². The molecule has 66 valence electrons. The third-order valence-corrected chi connectivity index (χ3v) is 2.89. The molecule has 1 aliphatic rings. The van der Waals surface area contributed by atoms with Gasteiger partial charge in [-0.2, -0.15) is 0 Å². The van der Waals surface area contributed by atoms with Gasteiger partial charge in [0.25, 0.3) is 0 Å². The number of nitrogens with zero attached hydrogens (tertiary/aromatic N) is 1. The second-order valence-electron chi connectivity index (χ2n) is 3.04. The topological polar surface area (TPSA) is 37.0 Å². The highest BCUT2D eigenvalue weighted by Gasteiger charge is 2.12. The fourth-order valence-corrected chi connectivity index (χ4v) is 1.95. The first kappa shape index (κ1) is 8.16. The van der Waals surface area contributed by atoms with Crippen molar-refractivity contribution in [3.05, 3.63) is 16.6 Å². The van der Waals surface area contributed by atoms with Gasteiger partial charge in [-0.05, 0) is 13.0 Å². The average molecular weight is 183 g/mol. The molecule has 0 bridgehead atoms. The third kappa shape index (κ3) is 2.03. The molecule has 1 aromatic rings. The van der Waals surface area contributed by atoms with E-state index in [1.165, 1.54) is 11.3 Å². The van der Waals surface area contributed by atoms with E-state index in [4.69, 9.17) is 0 Å². The molecule has 1 atom stereocenters. The van der Waals surface area contributed by atoms with Crippen molar-refractivity contribution in [3.8, 4) is 0 Å². The van der Waals surface area contributed by atoms with Crippen molar-refractivity contribution in [1.29, 1.82) is 0 Å². The van der Waals surface area contributed by atoms with Gasteiger partial charge in [-0.15, -0.1) is 11.3 Å². The van der Waals surface area contributed by atoms with E-state index in [9.17, 15) is 0 Å². The number of nitrogens with one attached hydrogen (secondary N) is 2. The maximum Gasteiger partial charge on any atom is 0.0794 e. The first-order valence-corrected chi connectivity index (χ1v) is 5.14. The maximum absolute atomic E-state index is 4.03. The summed E-state index contributed by atoms with van der Waals surface area (Å²) in [4.78, 5) is 5.35. The Morgan fingerprint density at radius 2 is 2.75 bits per heavy atom. The average Bonchev–Trinajstić information content (AvgIpc) is 2.74. The highest BCUT2D eigenvalue weighted by atomic mass is 32.1. The van der Waals surface area contributed by atoms with Crippen LogP contribution >= 0.6 is 11.3 Å². The van der Waals surface area contributed by atoms with Gasteiger partial charge in [-0.3, -0.25) is 4.98 Å². The van der Waals surface area contributed by atoms with Crippen LogP contribution in [0.2, 0.25) is 0 Å². The van der Waals surface area contributed by atoms with Crippen LogP contribution in [0.25, 0.3) is 0 Å². The zero-order chi connectivity index (χ0) is 8.23.